The first-order valence-corrected chi connectivity index (χ1v) is 10.3. The van der Waals surface area contributed by atoms with Gasteiger partial charge in [-0.25, -0.2) is 0 Å². The highest BCUT2D eigenvalue weighted by Crippen LogP contribution is 2.49. The van der Waals surface area contributed by atoms with E-state index >= 15 is 0 Å². The highest BCUT2D eigenvalue weighted by Gasteiger charge is 2.48. The van der Waals surface area contributed by atoms with Crippen LogP contribution in [0.5, 0.6) is 0 Å². The second-order valence-corrected chi connectivity index (χ2v) is 8.58. The maximum absolute atomic E-state index is 12.5. The molecule has 0 bridgehead atoms. The van der Waals surface area contributed by atoms with Crippen LogP contribution in [-0.2, 0) is 14.4 Å². The quantitative estimate of drug-likeness (QED) is 0.796. The van der Waals surface area contributed by atoms with Gasteiger partial charge in [0.2, 0.25) is 17.7 Å². The van der Waals surface area contributed by atoms with Crippen molar-refractivity contribution in [2.24, 2.45) is 17.8 Å². The van der Waals surface area contributed by atoms with Gasteiger partial charge in [-0.15, -0.1) is 0 Å². The van der Waals surface area contributed by atoms with Crippen molar-refractivity contribution in [3.05, 3.63) is 0 Å². The molecule has 5 heteroatoms. The van der Waals surface area contributed by atoms with E-state index < -0.39 is 0 Å². The molecular weight excluding hydrogens is 316 g/mol. The molecule has 0 spiro atoms. The maximum atomic E-state index is 12.5. The summed E-state index contributed by atoms with van der Waals surface area (Å²) in [5.74, 6) is 1.91. The second kappa shape index (κ2) is 7.08. The Balaban J connectivity index is 1.22. The average molecular weight is 346 g/mol. The Labute approximate surface area is 149 Å². The van der Waals surface area contributed by atoms with Gasteiger partial charge in [0.25, 0.3) is 0 Å². The van der Waals surface area contributed by atoms with Crippen LogP contribution >= 0.6 is 0 Å². The first kappa shape index (κ1) is 17.0. The molecule has 4 rings (SSSR count). The molecule has 5 nitrogen and oxygen atoms in total. The van der Waals surface area contributed by atoms with Gasteiger partial charge in [0.15, 0.2) is 0 Å². The summed E-state index contributed by atoms with van der Waals surface area (Å²) in [6.45, 7) is 0. The highest BCUT2D eigenvalue weighted by atomic mass is 16.2. The zero-order chi connectivity index (χ0) is 17.4. The Morgan fingerprint density at radius 3 is 2.16 bits per heavy atom. The van der Waals surface area contributed by atoms with Gasteiger partial charge >= 0.3 is 0 Å². The number of hydrogen-bond donors (Lipinski definition) is 1. The van der Waals surface area contributed by atoms with Crippen molar-refractivity contribution in [1.82, 2.24) is 10.2 Å². The third-order valence-electron chi connectivity index (χ3n) is 6.93. The van der Waals surface area contributed by atoms with E-state index in [9.17, 15) is 14.4 Å². The molecule has 25 heavy (non-hydrogen) atoms. The Morgan fingerprint density at radius 2 is 1.52 bits per heavy atom. The molecule has 1 aliphatic heterocycles. The largest absolute Gasteiger partial charge is 0.353 e. The minimum absolute atomic E-state index is 0.00853. The molecule has 4 aliphatic rings. The number of nitrogens with one attached hydrogen (secondary N) is 1. The molecule has 138 valence electrons. The van der Waals surface area contributed by atoms with Gasteiger partial charge in [0.1, 0.15) is 0 Å². The SMILES string of the molecule is O=C(NC1CCC(N2C(=O)CCC2=O)CC1)[C@@H]1C[C@H]1C1CCCCC1. The van der Waals surface area contributed by atoms with Crippen molar-refractivity contribution in [3.63, 3.8) is 0 Å². The van der Waals surface area contributed by atoms with Crippen LogP contribution in [-0.4, -0.2) is 34.7 Å². The summed E-state index contributed by atoms with van der Waals surface area (Å²) in [7, 11) is 0. The van der Waals surface area contributed by atoms with Gasteiger partial charge < -0.3 is 5.32 Å². The van der Waals surface area contributed by atoms with Gasteiger partial charge in [0, 0.05) is 30.8 Å². The Kier molecular flexibility index (Phi) is 4.83. The summed E-state index contributed by atoms with van der Waals surface area (Å²) >= 11 is 0. The smallest absolute Gasteiger partial charge is 0.229 e. The van der Waals surface area contributed by atoms with E-state index in [2.05, 4.69) is 5.32 Å². The van der Waals surface area contributed by atoms with E-state index in [4.69, 9.17) is 0 Å². The van der Waals surface area contributed by atoms with Crippen LogP contribution in [0.15, 0.2) is 0 Å². The summed E-state index contributed by atoms with van der Waals surface area (Å²) in [6.07, 6.45) is 11.9. The number of carbonyl (C=O) groups is 3. The lowest BCUT2D eigenvalue weighted by atomic mass is 9.85. The molecule has 1 saturated heterocycles. The fourth-order valence-corrected chi connectivity index (χ4v) is 5.39. The lowest BCUT2D eigenvalue weighted by molar-refractivity contribution is -0.142. The second-order valence-electron chi connectivity index (χ2n) is 8.58. The summed E-state index contributed by atoms with van der Waals surface area (Å²) in [4.78, 5) is 37.8. The summed E-state index contributed by atoms with van der Waals surface area (Å²) in [5.41, 5.74) is 0. The van der Waals surface area contributed by atoms with Gasteiger partial charge in [-0.3, -0.25) is 19.3 Å². The summed E-state index contributed by atoms with van der Waals surface area (Å²) in [6, 6.07) is 0.288. The van der Waals surface area contributed by atoms with Crippen LogP contribution in [0.2, 0.25) is 0 Å². The van der Waals surface area contributed by atoms with Crippen LogP contribution in [0.25, 0.3) is 0 Å². The van der Waals surface area contributed by atoms with Crippen LogP contribution < -0.4 is 5.32 Å². The summed E-state index contributed by atoms with van der Waals surface area (Å²) in [5, 5.41) is 3.26. The average Bonchev–Trinajstić information content (AvgIpc) is 3.37. The predicted octanol–water partition coefficient (Wildman–Crippen LogP) is 2.78. The molecule has 4 fully saturated rings. The Morgan fingerprint density at radius 1 is 0.880 bits per heavy atom. The number of imide groups is 1. The van der Waals surface area contributed by atoms with Crippen molar-refractivity contribution in [1.29, 1.82) is 0 Å². The molecule has 0 aromatic heterocycles. The minimum Gasteiger partial charge on any atom is -0.353 e. The molecule has 0 radical (unpaired) electrons. The monoisotopic (exact) mass is 346 g/mol. The maximum Gasteiger partial charge on any atom is 0.229 e. The highest BCUT2D eigenvalue weighted by molar-refractivity contribution is 6.02. The first-order valence-electron chi connectivity index (χ1n) is 10.3. The van der Waals surface area contributed by atoms with Gasteiger partial charge in [0.05, 0.1) is 0 Å². The molecule has 0 aromatic carbocycles. The molecular formula is C20H30N2O3. The number of amides is 3. The van der Waals surface area contributed by atoms with E-state index in [0.29, 0.717) is 18.8 Å². The molecule has 2 atom stereocenters. The van der Waals surface area contributed by atoms with Crippen molar-refractivity contribution >= 4 is 17.7 Å². The fraction of sp³-hybridized carbons (Fsp3) is 0.850. The van der Waals surface area contributed by atoms with Crippen LogP contribution in [0.3, 0.4) is 0 Å². The normalized spacial score (nSPS) is 36.6. The molecule has 3 amide bonds. The van der Waals surface area contributed by atoms with Crippen molar-refractivity contribution in [3.8, 4) is 0 Å². The number of nitrogens with zero attached hydrogens (tertiary/aromatic N) is 1. The lowest BCUT2D eigenvalue weighted by Gasteiger charge is -2.33. The van der Waals surface area contributed by atoms with Crippen LogP contribution in [0.1, 0.15) is 77.0 Å². The van der Waals surface area contributed by atoms with E-state index in [1.165, 1.54) is 37.0 Å². The van der Waals surface area contributed by atoms with Crippen LogP contribution in [0.4, 0.5) is 0 Å². The molecule has 1 N–H and O–H groups in total. The lowest BCUT2D eigenvalue weighted by Crippen LogP contribution is -2.46. The molecule has 0 unspecified atom stereocenters. The van der Waals surface area contributed by atoms with Gasteiger partial charge in [-0.05, 0) is 43.9 Å². The number of carbonyl (C=O) groups excluding carboxylic acids is 3. The Bertz CT molecular complexity index is 531. The Hall–Kier alpha value is -1.39. The first-order chi connectivity index (χ1) is 12.1. The topological polar surface area (TPSA) is 66.5 Å². The van der Waals surface area contributed by atoms with Crippen molar-refractivity contribution in [2.75, 3.05) is 0 Å². The third kappa shape index (κ3) is 3.61. The molecule has 0 aromatic rings. The van der Waals surface area contributed by atoms with Crippen LogP contribution in [0, 0.1) is 17.8 Å². The predicted molar refractivity (Wildman–Crippen MR) is 93.4 cm³/mol. The zero-order valence-electron chi connectivity index (χ0n) is 15.0. The van der Waals surface area contributed by atoms with E-state index in [-0.39, 0.29) is 35.7 Å². The molecule has 3 aliphatic carbocycles. The molecule has 3 saturated carbocycles. The zero-order valence-corrected chi connectivity index (χ0v) is 15.0. The van der Waals surface area contributed by atoms with Crippen molar-refractivity contribution in [2.45, 2.75) is 89.1 Å². The third-order valence-corrected chi connectivity index (χ3v) is 6.93. The minimum atomic E-state index is -0.00853. The summed E-state index contributed by atoms with van der Waals surface area (Å²) < 4.78 is 0. The van der Waals surface area contributed by atoms with E-state index in [0.717, 1.165) is 38.0 Å². The van der Waals surface area contributed by atoms with E-state index in [1.807, 2.05) is 0 Å². The van der Waals surface area contributed by atoms with Gasteiger partial charge in [-0.1, -0.05) is 32.1 Å². The fourth-order valence-electron chi connectivity index (χ4n) is 5.39. The molecule has 1 heterocycles. The van der Waals surface area contributed by atoms with E-state index in [1.54, 1.807) is 0 Å². The van der Waals surface area contributed by atoms with Crippen molar-refractivity contribution < 1.29 is 14.4 Å². The van der Waals surface area contributed by atoms with Gasteiger partial charge in [-0.2, -0.15) is 0 Å². The number of hydrogen-bond acceptors (Lipinski definition) is 3. The number of rotatable bonds is 4. The number of likely N-dealkylation sites (tertiary alicyclic amines) is 1. The standard InChI is InChI=1S/C20H30N2O3/c23-18-10-11-19(24)22(18)15-8-6-14(7-9-15)21-20(25)17-12-16(17)13-4-2-1-3-5-13/h13-17H,1-12H2,(H,21,25)/t14?,15?,16-,17+/m0/s1.